The minimum atomic E-state index is -3.40. The van der Waals surface area contributed by atoms with Gasteiger partial charge < -0.3 is 0 Å². The highest BCUT2D eigenvalue weighted by molar-refractivity contribution is 7.93. The van der Waals surface area contributed by atoms with Crippen LogP contribution < -0.4 is 0 Å². The van der Waals surface area contributed by atoms with Crippen LogP contribution in [-0.4, -0.2) is 24.7 Å². The number of aryl methyl sites for hydroxylation is 1. The summed E-state index contributed by atoms with van der Waals surface area (Å²) in [5, 5.41) is 0. The molecule has 94 valence electrons. The maximum atomic E-state index is 11.9. The van der Waals surface area contributed by atoms with E-state index >= 15 is 0 Å². The highest BCUT2D eigenvalue weighted by Gasteiger charge is 2.31. The predicted molar refractivity (Wildman–Crippen MR) is 69.0 cm³/mol. The van der Waals surface area contributed by atoms with E-state index in [4.69, 9.17) is 0 Å². The molecular formula is C13H18O3S. The molecule has 17 heavy (non-hydrogen) atoms. The van der Waals surface area contributed by atoms with E-state index in [1.165, 1.54) is 0 Å². The first-order valence-corrected chi connectivity index (χ1v) is 7.11. The lowest BCUT2D eigenvalue weighted by Crippen LogP contribution is -2.33. The van der Waals surface area contributed by atoms with Crippen LogP contribution in [0, 0.1) is 6.92 Å². The number of carbonyl (C=O) groups is 1. The van der Waals surface area contributed by atoms with Crippen LogP contribution in [0.25, 0.3) is 0 Å². The standard InChI is InChI=1S/C13H18O3S/c1-10-5-7-11(8-6-10)12(14)9-17(15,16)13(2,3)4/h5-8H,9H2,1-4H3. The zero-order chi connectivity index (χ0) is 13.3. The molecule has 0 saturated carbocycles. The Hall–Kier alpha value is -1.16. The second-order valence-electron chi connectivity index (χ2n) is 5.16. The van der Waals surface area contributed by atoms with Crippen LogP contribution in [0.4, 0.5) is 0 Å². The molecule has 3 nitrogen and oxygen atoms in total. The Labute approximate surface area is 103 Å². The van der Waals surface area contributed by atoms with E-state index in [0.29, 0.717) is 5.56 Å². The third kappa shape index (κ3) is 3.40. The van der Waals surface area contributed by atoms with Crippen molar-refractivity contribution in [1.29, 1.82) is 0 Å². The third-order valence-electron chi connectivity index (χ3n) is 2.63. The lowest BCUT2D eigenvalue weighted by atomic mass is 10.1. The van der Waals surface area contributed by atoms with E-state index in [0.717, 1.165) is 5.56 Å². The second-order valence-corrected chi connectivity index (χ2v) is 7.90. The number of carbonyl (C=O) groups excluding carboxylic acids is 1. The summed E-state index contributed by atoms with van der Waals surface area (Å²) in [7, 11) is -3.40. The number of hydrogen-bond donors (Lipinski definition) is 0. The van der Waals surface area contributed by atoms with Crippen molar-refractivity contribution in [3.63, 3.8) is 0 Å². The Morgan fingerprint density at radius 1 is 1.12 bits per heavy atom. The molecule has 0 heterocycles. The summed E-state index contributed by atoms with van der Waals surface area (Å²) < 4.78 is 22.9. The minimum absolute atomic E-state index is 0.347. The smallest absolute Gasteiger partial charge is 0.177 e. The topological polar surface area (TPSA) is 51.2 Å². The van der Waals surface area contributed by atoms with Crippen molar-refractivity contribution in [1.82, 2.24) is 0 Å². The maximum Gasteiger partial charge on any atom is 0.177 e. The molecule has 1 aromatic carbocycles. The summed E-state index contributed by atoms with van der Waals surface area (Å²) in [6, 6.07) is 6.93. The third-order valence-corrected chi connectivity index (χ3v) is 5.14. The van der Waals surface area contributed by atoms with E-state index in [9.17, 15) is 13.2 Å². The van der Waals surface area contributed by atoms with Gasteiger partial charge in [0.1, 0.15) is 5.75 Å². The van der Waals surface area contributed by atoms with Crippen molar-refractivity contribution in [2.24, 2.45) is 0 Å². The molecule has 0 aliphatic rings. The van der Waals surface area contributed by atoms with Crippen molar-refractivity contribution < 1.29 is 13.2 Å². The van der Waals surface area contributed by atoms with Crippen molar-refractivity contribution >= 4 is 15.6 Å². The van der Waals surface area contributed by atoms with E-state index in [1.54, 1.807) is 45.0 Å². The molecule has 1 rings (SSSR count). The van der Waals surface area contributed by atoms with Crippen molar-refractivity contribution in [3.8, 4) is 0 Å². The molecule has 0 aromatic heterocycles. The monoisotopic (exact) mass is 254 g/mol. The summed E-state index contributed by atoms with van der Waals surface area (Å²) in [4.78, 5) is 11.8. The summed E-state index contributed by atoms with van der Waals surface area (Å²) in [6.45, 7) is 6.72. The second kappa shape index (κ2) is 4.61. The molecule has 1 aromatic rings. The van der Waals surface area contributed by atoms with Gasteiger partial charge >= 0.3 is 0 Å². The van der Waals surface area contributed by atoms with E-state index in [-0.39, 0.29) is 5.78 Å². The van der Waals surface area contributed by atoms with Crippen molar-refractivity contribution in [2.75, 3.05) is 5.75 Å². The van der Waals surface area contributed by atoms with E-state index in [1.807, 2.05) is 6.92 Å². The number of benzene rings is 1. The Morgan fingerprint density at radius 3 is 2.00 bits per heavy atom. The fourth-order valence-electron chi connectivity index (χ4n) is 1.21. The fourth-order valence-corrected chi connectivity index (χ4v) is 2.16. The molecule has 0 N–H and O–H groups in total. The molecule has 0 atom stereocenters. The zero-order valence-corrected chi connectivity index (χ0v) is 11.5. The minimum Gasteiger partial charge on any atom is -0.293 e. The molecular weight excluding hydrogens is 236 g/mol. The zero-order valence-electron chi connectivity index (χ0n) is 10.6. The first-order valence-electron chi connectivity index (χ1n) is 5.46. The van der Waals surface area contributed by atoms with Crippen LogP contribution in [0.5, 0.6) is 0 Å². The Kier molecular flexibility index (Phi) is 3.77. The summed E-state index contributed by atoms with van der Waals surface area (Å²) in [5.41, 5.74) is 1.49. The van der Waals surface area contributed by atoms with Gasteiger partial charge in [-0.05, 0) is 27.7 Å². The van der Waals surface area contributed by atoms with Crippen molar-refractivity contribution in [2.45, 2.75) is 32.4 Å². The van der Waals surface area contributed by atoms with E-state index < -0.39 is 20.3 Å². The van der Waals surface area contributed by atoms with Gasteiger partial charge in [0.2, 0.25) is 0 Å². The van der Waals surface area contributed by atoms with Crippen LogP contribution in [0.1, 0.15) is 36.7 Å². The lowest BCUT2D eigenvalue weighted by molar-refractivity contribution is 0.102. The molecule has 0 saturated heterocycles. The average molecular weight is 254 g/mol. The van der Waals surface area contributed by atoms with Gasteiger partial charge in [0.25, 0.3) is 0 Å². The van der Waals surface area contributed by atoms with Gasteiger partial charge in [-0.15, -0.1) is 0 Å². The van der Waals surface area contributed by atoms with Crippen LogP contribution in [0.15, 0.2) is 24.3 Å². The van der Waals surface area contributed by atoms with Gasteiger partial charge in [-0.1, -0.05) is 29.8 Å². The van der Waals surface area contributed by atoms with Crippen LogP contribution in [0.2, 0.25) is 0 Å². The molecule has 0 aliphatic heterocycles. The molecule has 0 aliphatic carbocycles. The summed E-state index contributed by atoms with van der Waals surface area (Å²) in [5.74, 6) is -0.778. The first kappa shape index (κ1) is 13.9. The Bertz CT molecular complexity index is 505. The van der Waals surface area contributed by atoms with Crippen LogP contribution >= 0.6 is 0 Å². The molecule has 0 bridgehead atoms. The molecule has 0 radical (unpaired) electrons. The van der Waals surface area contributed by atoms with E-state index in [2.05, 4.69) is 0 Å². The maximum absolute atomic E-state index is 11.9. The van der Waals surface area contributed by atoms with Gasteiger partial charge in [-0.2, -0.15) is 0 Å². The van der Waals surface area contributed by atoms with Gasteiger partial charge in [0.05, 0.1) is 4.75 Å². The van der Waals surface area contributed by atoms with Crippen molar-refractivity contribution in [3.05, 3.63) is 35.4 Å². The average Bonchev–Trinajstić information content (AvgIpc) is 2.16. The normalized spacial score (nSPS) is 12.5. The van der Waals surface area contributed by atoms with Gasteiger partial charge in [0, 0.05) is 5.56 Å². The van der Waals surface area contributed by atoms with Crippen LogP contribution in [-0.2, 0) is 9.84 Å². The lowest BCUT2D eigenvalue weighted by Gasteiger charge is -2.18. The first-order chi connectivity index (χ1) is 7.63. The Morgan fingerprint density at radius 2 is 1.59 bits per heavy atom. The van der Waals surface area contributed by atoms with Crippen LogP contribution in [0.3, 0.4) is 0 Å². The number of sulfone groups is 1. The molecule has 0 fully saturated rings. The summed E-state index contributed by atoms with van der Waals surface area (Å²) >= 11 is 0. The molecule has 0 unspecified atom stereocenters. The fraction of sp³-hybridized carbons (Fsp3) is 0.462. The molecule has 0 spiro atoms. The number of ketones is 1. The Balaban J connectivity index is 2.91. The highest BCUT2D eigenvalue weighted by Crippen LogP contribution is 2.17. The predicted octanol–water partition coefficient (Wildman–Crippen LogP) is 2.39. The number of Topliss-reactive ketones (excluding diaryl/α,β-unsaturated/α-hetero) is 1. The molecule has 0 amide bonds. The summed E-state index contributed by atoms with van der Waals surface area (Å²) in [6.07, 6.45) is 0. The van der Waals surface area contributed by atoms with Gasteiger partial charge in [-0.25, -0.2) is 8.42 Å². The van der Waals surface area contributed by atoms with Gasteiger partial charge in [0.15, 0.2) is 15.6 Å². The van der Waals surface area contributed by atoms with Gasteiger partial charge in [-0.3, -0.25) is 4.79 Å². The molecule has 4 heteroatoms. The number of hydrogen-bond acceptors (Lipinski definition) is 3. The SMILES string of the molecule is Cc1ccc(C(=O)CS(=O)(=O)C(C)(C)C)cc1. The quantitative estimate of drug-likeness (QED) is 0.778. The number of rotatable bonds is 3. The highest BCUT2D eigenvalue weighted by atomic mass is 32.2. The largest absolute Gasteiger partial charge is 0.293 e.